The van der Waals surface area contributed by atoms with Gasteiger partial charge in [0, 0.05) is 0 Å². The van der Waals surface area contributed by atoms with Gasteiger partial charge in [-0.05, 0) is 12.8 Å². The van der Waals surface area contributed by atoms with Gasteiger partial charge in [0.15, 0.2) is 5.41 Å². The summed E-state index contributed by atoms with van der Waals surface area (Å²) in [6.07, 6.45) is 0.537. The van der Waals surface area contributed by atoms with E-state index in [1.807, 2.05) is 0 Å². The smallest absolute Gasteiger partial charge is 1.00 e. The molecule has 0 aliphatic carbocycles. The zero-order valence-corrected chi connectivity index (χ0v) is 8.50. The Kier molecular flexibility index (Phi) is 6.14. The Morgan fingerprint density at radius 3 is 1.77 bits per heavy atom. The molecule has 0 aliphatic rings. The van der Waals surface area contributed by atoms with Gasteiger partial charge in [-0.1, -0.05) is 20.3 Å². The minimum Gasteiger partial charge on any atom is -1.00 e. The van der Waals surface area contributed by atoms with Gasteiger partial charge in [0.05, 0.1) is 0 Å². The van der Waals surface area contributed by atoms with Crippen LogP contribution in [-0.2, 0) is 9.59 Å². The average Bonchev–Trinajstić information content (AvgIpc) is 2.00. The first-order valence-corrected chi connectivity index (χ1v) is 3.84. The van der Waals surface area contributed by atoms with Crippen molar-refractivity contribution >= 4 is 11.9 Å². The molecule has 2 N–H and O–H groups in total. The fraction of sp³-hybridized carbons (Fsp3) is 0.750. The van der Waals surface area contributed by atoms with E-state index >= 15 is 0 Å². The fourth-order valence-corrected chi connectivity index (χ4v) is 0.921. The molecule has 72 valence electrons. The molecule has 0 aromatic carbocycles. The third kappa shape index (κ3) is 2.75. The molecule has 0 saturated heterocycles. The number of rotatable bonds is 4. The first-order valence-electron chi connectivity index (χ1n) is 3.84. The number of carboxylic acids is 2. The molecule has 1 atom stereocenters. The van der Waals surface area contributed by atoms with Gasteiger partial charge in [-0.2, -0.15) is 0 Å². The number of hydrogen-bond acceptors (Lipinski definition) is 2. The van der Waals surface area contributed by atoms with E-state index < -0.39 is 17.4 Å². The molecule has 0 aliphatic heterocycles. The van der Waals surface area contributed by atoms with Crippen LogP contribution in [0.2, 0.25) is 0 Å². The predicted octanol–water partition coefficient (Wildman–Crippen LogP) is -1.68. The zero-order chi connectivity index (χ0) is 9.94. The molecule has 5 heteroatoms. The molecule has 0 saturated carbocycles. The summed E-state index contributed by atoms with van der Waals surface area (Å²) in [5.41, 5.74) is -1.66. The molecule has 0 aromatic heterocycles. The van der Waals surface area contributed by atoms with E-state index in [1.165, 1.54) is 6.92 Å². The summed E-state index contributed by atoms with van der Waals surface area (Å²) >= 11 is 0. The molecule has 0 spiro atoms. The van der Waals surface area contributed by atoms with Crippen molar-refractivity contribution in [3.05, 3.63) is 0 Å². The Morgan fingerprint density at radius 1 is 1.38 bits per heavy atom. The third-order valence-corrected chi connectivity index (χ3v) is 2.49. The molecule has 0 aromatic rings. The van der Waals surface area contributed by atoms with Gasteiger partial charge in [0.2, 0.25) is 0 Å². The first-order chi connectivity index (χ1) is 5.37. The van der Waals surface area contributed by atoms with Crippen LogP contribution in [0.1, 0.15) is 28.6 Å². The monoisotopic (exact) mass is 182 g/mol. The molecule has 0 radical (unpaired) electrons. The zero-order valence-electron chi connectivity index (χ0n) is 9.50. The second-order valence-electron chi connectivity index (χ2n) is 3.12. The summed E-state index contributed by atoms with van der Waals surface area (Å²) < 4.78 is 0. The molecule has 13 heavy (non-hydrogen) atoms. The second-order valence-corrected chi connectivity index (χ2v) is 3.12. The standard InChI is InChI=1S/C8H14O4.Li.H/c1-4-5(2)8(3,6(9)10)7(11)12;;/h5H,4H2,1-3H3,(H,9,10)(H,11,12);;/q;+1;-1. The van der Waals surface area contributed by atoms with Crippen LogP contribution < -0.4 is 18.9 Å². The van der Waals surface area contributed by atoms with Crippen LogP contribution in [0.3, 0.4) is 0 Å². The number of hydrogen-bond donors (Lipinski definition) is 2. The van der Waals surface area contributed by atoms with Crippen molar-refractivity contribution in [1.82, 2.24) is 0 Å². The van der Waals surface area contributed by atoms with Crippen LogP contribution >= 0.6 is 0 Å². The van der Waals surface area contributed by atoms with Crippen molar-refractivity contribution in [3.63, 3.8) is 0 Å². The molecule has 0 fully saturated rings. The largest absolute Gasteiger partial charge is 1.00 e. The van der Waals surface area contributed by atoms with Crippen LogP contribution in [0.5, 0.6) is 0 Å². The van der Waals surface area contributed by atoms with Crippen LogP contribution in [0.4, 0.5) is 0 Å². The van der Waals surface area contributed by atoms with Gasteiger partial charge < -0.3 is 11.6 Å². The van der Waals surface area contributed by atoms with Gasteiger partial charge in [-0.3, -0.25) is 9.59 Å². The molecule has 1 unspecified atom stereocenters. The third-order valence-electron chi connectivity index (χ3n) is 2.49. The Labute approximate surface area is 91.0 Å². The summed E-state index contributed by atoms with van der Waals surface area (Å²) in [7, 11) is 0. The van der Waals surface area contributed by atoms with E-state index in [4.69, 9.17) is 10.2 Å². The minimum atomic E-state index is -1.66. The minimum absolute atomic E-state index is 0. The average molecular weight is 182 g/mol. The summed E-state index contributed by atoms with van der Waals surface area (Å²) in [4.78, 5) is 21.4. The van der Waals surface area contributed by atoms with E-state index in [9.17, 15) is 9.59 Å². The quantitative estimate of drug-likeness (QED) is 0.402. The van der Waals surface area contributed by atoms with Gasteiger partial charge in [0.1, 0.15) is 0 Å². The van der Waals surface area contributed by atoms with Crippen LogP contribution in [0.15, 0.2) is 0 Å². The maximum absolute atomic E-state index is 10.7. The maximum Gasteiger partial charge on any atom is 1.00 e. The number of carboxylic acid groups (broad SMARTS) is 2. The van der Waals surface area contributed by atoms with Gasteiger partial charge in [-0.15, -0.1) is 0 Å². The van der Waals surface area contributed by atoms with E-state index in [-0.39, 0.29) is 26.2 Å². The topological polar surface area (TPSA) is 74.6 Å². The summed E-state index contributed by atoms with van der Waals surface area (Å²) in [5, 5.41) is 17.4. The Bertz CT molecular complexity index is 194. The SMILES string of the molecule is CCC(C)C(C)(C(=O)O)C(=O)O.[H-].[Li+]. The van der Waals surface area contributed by atoms with Crippen LogP contribution in [-0.4, -0.2) is 22.2 Å². The molecule has 0 bridgehead atoms. The Hall–Kier alpha value is -0.463. The van der Waals surface area contributed by atoms with E-state index in [1.54, 1.807) is 13.8 Å². The predicted molar refractivity (Wildman–Crippen MR) is 43.9 cm³/mol. The van der Waals surface area contributed by atoms with E-state index in [0.29, 0.717) is 6.42 Å². The maximum atomic E-state index is 10.7. The van der Waals surface area contributed by atoms with E-state index in [0.717, 1.165) is 0 Å². The van der Waals surface area contributed by atoms with Gasteiger partial charge in [0.25, 0.3) is 0 Å². The fourth-order valence-electron chi connectivity index (χ4n) is 0.921. The normalized spacial score (nSPS) is 12.8. The van der Waals surface area contributed by atoms with Gasteiger partial charge in [-0.25, -0.2) is 0 Å². The summed E-state index contributed by atoms with van der Waals surface area (Å²) in [6.45, 7) is 4.64. The molecular formula is C8H15LiO4. The molecule has 0 heterocycles. The number of carbonyl (C=O) groups is 2. The summed E-state index contributed by atoms with van der Waals surface area (Å²) in [6, 6.07) is 0. The van der Waals surface area contributed by atoms with Crippen molar-refractivity contribution < 1.29 is 40.1 Å². The Morgan fingerprint density at radius 2 is 1.69 bits per heavy atom. The van der Waals surface area contributed by atoms with Crippen molar-refractivity contribution in [2.24, 2.45) is 11.3 Å². The van der Waals surface area contributed by atoms with Gasteiger partial charge >= 0.3 is 30.8 Å². The number of aliphatic carboxylic acids is 2. The summed E-state index contributed by atoms with van der Waals surface area (Å²) in [5.74, 6) is -2.92. The van der Waals surface area contributed by atoms with Crippen LogP contribution in [0, 0.1) is 11.3 Å². The van der Waals surface area contributed by atoms with Crippen molar-refractivity contribution in [2.45, 2.75) is 27.2 Å². The van der Waals surface area contributed by atoms with E-state index in [2.05, 4.69) is 0 Å². The van der Waals surface area contributed by atoms with Crippen molar-refractivity contribution in [2.75, 3.05) is 0 Å². The molecule has 4 nitrogen and oxygen atoms in total. The van der Waals surface area contributed by atoms with Crippen molar-refractivity contribution in [1.29, 1.82) is 0 Å². The van der Waals surface area contributed by atoms with Crippen LogP contribution in [0.25, 0.3) is 0 Å². The molecule has 0 rings (SSSR count). The molecule has 0 amide bonds. The van der Waals surface area contributed by atoms with Crippen molar-refractivity contribution in [3.8, 4) is 0 Å². The second kappa shape index (κ2) is 5.31. The first kappa shape index (κ1) is 15.0. The Balaban J connectivity index is -0.000000605. The molecular weight excluding hydrogens is 167 g/mol.